The number of nitrogens with zero attached hydrogens (tertiary/aromatic N) is 2. The van der Waals surface area contributed by atoms with Crippen LogP contribution in [-0.2, 0) is 19.0 Å². The summed E-state index contributed by atoms with van der Waals surface area (Å²) in [5.74, 6) is 0.963. The summed E-state index contributed by atoms with van der Waals surface area (Å²) in [6, 6.07) is 12.4. The normalized spacial score (nSPS) is 20.0. The molecule has 1 saturated heterocycles. The lowest BCUT2D eigenvalue weighted by Gasteiger charge is -2.42. The highest BCUT2D eigenvalue weighted by atomic mass is 35.5. The van der Waals surface area contributed by atoms with Crippen LogP contribution in [0.25, 0.3) is 0 Å². The van der Waals surface area contributed by atoms with Crippen molar-refractivity contribution < 1.29 is 17.9 Å². The quantitative estimate of drug-likeness (QED) is 0.700. The van der Waals surface area contributed by atoms with Gasteiger partial charge >= 0.3 is 6.18 Å². The fourth-order valence-electron chi connectivity index (χ4n) is 4.46. The van der Waals surface area contributed by atoms with Gasteiger partial charge in [0.1, 0.15) is 5.75 Å². The molecule has 0 N–H and O–H groups in total. The fraction of sp³-hybridized carbons (Fsp3) is 0.455. The van der Waals surface area contributed by atoms with E-state index in [0.29, 0.717) is 11.7 Å². The van der Waals surface area contributed by atoms with Gasteiger partial charge in [0, 0.05) is 37.9 Å². The third kappa shape index (κ3) is 4.64. The molecule has 1 heterocycles. The first-order valence-electron chi connectivity index (χ1n) is 9.77. The molecule has 29 heavy (non-hydrogen) atoms. The predicted octanol–water partition coefficient (Wildman–Crippen LogP) is 4.82. The van der Waals surface area contributed by atoms with E-state index in [1.54, 1.807) is 13.2 Å². The predicted molar refractivity (Wildman–Crippen MR) is 111 cm³/mol. The van der Waals surface area contributed by atoms with Gasteiger partial charge in [0.2, 0.25) is 0 Å². The molecular weight excluding hydrogens is 401 g/mol. The molecule has 158 valence electrons. The lowest BCUT2D eigenvalue weighted by molar-refractivity contribution is -0.137. The standard InChI is InChI=1S/C22H25F3N2O.ClH/c1-28-21-7-2-4-16-8-9-19(15-20(16)21)27-12-10-26(11-13-27)18-6-3-5-17(14-18)22(23,24)25;/h2-7,14,19H,8-13,15H2,1H3;1H. The first-order valence-corrected chi connectivity index (χ1v) is 9.77. The molecule has 1 unspecified atom stereocenters. The van der Waals surface area contributed by atoms with Crippen molar-refractivity contribution in [2.24, 2.45) is 0 Å². The minimum Gasteiger partial charge on any atom is -0.496 e. The summed E-state index contributed by atoms with van der Waals surface area (Å²) in [4.78, 5) is 4.54. The molecule has 7 heteroatoms. The minimum absolute atomic E-state index is 0. The van der Waals surface area contributed by atoms with E-state index >= 15 is 0 Å². The molecule has 1 aliphatic heterocycles. The number of alkyl halides is 3. The van der Waals surface area contributed by atoms with E-state index in [-0.39, 0.29) is 12.4 Å². The van der Waals surface area contributed by atoms with Crippen LogP contribution in [0.2, 0.25) is 0 Å². The number of aryl methyl sites for hydroxylation is 1. The molecule has 0 amide bonds. The molecule has 2 aromatic carbocycles. The van der Waals surface area contributed by atoms with Gasteiger partial charge < -0.3 is 9.64 Å². The Morgan fingerprint density at radius 1 is 1.00 bits per heavy atom. The van der Waals surface area contributed by atoms with Crippen LogP contribution in [0, 0.1) is 0 Å². The third-order valence-electron chi connectivity index (χ3n) is 6.01. The van der Waals surface area contributed by atoms with E-state index < -0.39 is 11.7 Å². The molecule has 4 rings (SSSR count). The van der Waals surface area contributed by atoms with Crippen LogP contribution in [0.15, 0.2) is 42.5 Å². The van der Waals surface area contributed by atoms with Crippen LogP contribution < -0.4 is 9.64 Å². The summed E-state index contributed by atoms with van der Waals surface area (Å²) in [6.07, 6.45) is -1.16. The second-order valence-electron chi connectivity index (χ2n) is 7.57. The van der Waals surface area contributed by atoms with E-state index in [0.717, 1.165) is 57.3 Å². The summed E-state index contributed by atoms with van der Waals surface area (Å²) in [6.45, 7) is 3.23. The van der Waals surface area contributed by atoms with Crippen LogP contribution in [-0.4, -0.2) is 44.2 Å². The molecule has 2 aliphatic rings. The maximum atomic E-state index is 13.0. The van der Waals surface area contributed by atoms with Gasteiger partial charge in [-0.2, -0.15) is 13.2 Å². The Morgan fingerprint density at radius 3 is 2.41 bits per heavy atom. The largest absolute Gasteiger partial charge is 0.496 e. The first-order chi connectivity index (χ1) is 13.5. The molecule has 1 atom stereocenters. The first kappa shape index (κ1) is 21.8. The van der Waals surface area contributed by atoms with Crippen LogP contribution in [0.5, 0.6) is 5.75 Å². The summed E-state index contributed by atoms with van der Waals surface area (Å²) in [7, 11) is 1.72. The monoisotopic (exact) mass is 426 g/mol. The van der Waals surface area contributed by atoms with Crippen LogP contribution in [0.3, 0.4) is 0 Å². The summed E-state index contributed by atoms with van der Waals surface area (Å²) in [5.41, 5.74) is 2.76. The van der Waals surface area contributed by atoms with Crippen LogP contribution in [0.4, 0.5) is 18.9 Å². The van der Waals surface area contributed by atoms with Crippen LogP contribution in [0.1, 0.15) is 23.1 Å². The molecule has 0 radical (unpaired) electrons. The number of hydrogen-bond acceptors (Lipinski definition) is 3. The number of benzene rings is 2. The van der Waals surface area contributed by atoms with Crippen molar-refractivity contribution in [1.82, 2.24) is 4.90 Å². The molecule has 0 spiro atoms. The number of hydrogen-bond donors (Lipinski definition) is 0. The minimum atomic E-state index is -4.30. The lowest BCUT2D eigenvalue weighted by atomic mass is 9.86. The van der Waals surface area contributed by atoms with Gasteiger partial charge in [0.05, 0.1) is 12.7 Å². The number of rotatable bonds is 3. The highest BCUT2D eigenvalue weighted by molar-refractivity contribution is 5.85. The summed E-state index contributed by atoms with van der Waals surface area (Å²) in [5, 5.41) is 0. The highest BCUT2D eigenvalue weighted by Gasteiger charge is 2.32. The average Bonchev–Trinajstić information content (AvgIpc) is 2.72. The second-order valence-corrected chi connectivity index (χ2v) is 7.57. The van der Waals surface area contributed by atoms with E-state index in [1.807, 2.05) is 12.1 Å². The Labute approximate surface area is 175 Å². The summed E-state index contributed by atoms with van der Waals surface area (Å²) < 4.78 is 44.5. The van der Waals surface area contributed by atoms with Gasteiger partial charge in [-0.25, -0.2) is 0 Å². The van der Waals surface area contributed by atoms with Crippen molar-refractivity contribution in [2.45, 2.75) is 31.5 Å². The number of ether oxygens (including phenoxy) is 1. The maximum absolute atomic E-state index is 13.0. The van der Waals surface area contributed by atoms with Crippen molar-refractivity contribution in [2.75, 3.05) is 38.2 Å². The zero-order valence-electron chi connectivity index (χ0n) is 16.4. The van der Waals surface area contributed by atoms with E-state index in [4.69, 9.17) is 4.74 Å². The van der Waals surface area contributed by atoms with Gasteiger partial charge in [-0.1, -0.05) is 18.2 Å². The lowest BCUT2D eigenvalue weighted by Crippen LogP contribution is -2.51. The molecular formula is C22H26ClF3N2O. The maximum Gasteiger partial charge on any atom is 0.416 e. The number of halogens is 4. The second kappa shape index (κ2) is 8.84. The highest BCUT2D eigenvalue weighted by Crippen LogP contribution is 2.34. The average molecular weight is 427 g/mol. The molecule has 0 aromatic heterocycles. The zero-order chi connectivity index (χ0) is 19.7. The SMILES string of the molecule is COc1cccc2c1CC(N1CCN(c3cccc(C(F)(F)F)c3)CC1)CC2.Cl. The zero-order valence-corrected chi connectivity index (χ0v) is 17.2. The van der Waals surface area contributed by atoms with E-state index in [9.17, 15) is 13.2 Å². The van der Waals surface area contributed by atoms with Gasteiger partial charge in [0.25, 0.3) is 0 Å². The van der Waals surface area contributed by atoms with E-state index in [1.165, 1.54) is 23.3 Å². The number of piperazine rings is 1. The molecule has 0 bridgehead atoms. The number of anilines is 1. The van der Waals surface area contributed by atoms with Crippen molar-refractivity contribution in [3.63, 3.8) is 0 Å². The molecule has 0 saturated carbocycles. The van der Waals surface area contributed by atoms with E-state index in [2.05, 4.69) is 15.9 Å². The molecule has 3 nitrogen and oxygen atoms in total. The van der Waals surface area contributed by atoms with Crippen molar-refractivity contribution in [3.8, 4) is 5.75 Å². The smallest absolute Gasteiger partial charge is 0.416 e. The Bertz CT molecular complexity index is 821. The molecule has 2 aromatic rings. The number of methoxy groups -OCH3 is 1. The van der Waals surface area contributed by atoms with Crippen LogP contribution >= 0.6 is 12.4 Å². The Balaban J connectivity index is 0.00000240. The van der Waals surface area contributed by atoms with Gasteiger partial charge in [-0.3, -0.25) is 4.90 Å². The van der Waals surface area contributed by atoms with Crippen molar-refractivity contribution in [1.29, 1.82) is 0 Å². The number of fused-ring (bicyclic) bond motifs is 1. The molecule has 1 aliphatic carbocycles. The third-order valence-corrected chi connectivity index (χ3v) is 6.01. The Morgan fingerprint density at radius 2 is 1.72 bits per heavy atom. The Hall–Kier alpha value is -1.92. The van der Waals surface area contributed by atoms with Gasteiger partial charge in [-0.15, -0.1) is 12.4 Å². The van der Waals surface area contributed by atoms with Crippen molar-refractivity contribution in [3.05, 3.63) is 59.2 Å². The van der Waals surface area contributed by atoms with Gasteiger partial charge in [0.15, 0.2) is 0 Å². The summed E-state index contributed by atoms with van der Waals surface area (Å²) >= 11 is 0. The fourth-order valence-corrected chi connectivity index (χ4v) is 4.46. The molecule has 1 fully saturated rings. The van der Waals surface area contributed by atoms with Crippen molar-refractivity contribution >= 4 is 18.1 Å². The topological polar surface area (TPSA) is 15.7 Å². The van der Waals surface area contributed by atoms with Gasteiger partial charge in [-0.05, 0) is 54.7 Å². The Kier molecular flexibility index (Phi) is 6.64.